The van der Waals surface area contributed by atoms with Gasteiger partial charge in [-0.3, -0.25) is 9.80 Å². The van der Waals surface area contributed by atoms with Crippen molar-refractivity contribution in [3.8, 4) is 11.5 Å². The maximum atomic E-state index is 6.54. The lowest BCUT2D eigenvalue weighted by atomic mass is 9.92. The second-order valence-corrected chi connectivity index (χ2v) is 10.4. The van der Waals surface area contributed by atoms with Crippen molar-refractivity contribution in [3.05, 3.63) is 40.2 Å². The molecule has 0 radical (unpaired) electrons. The number of aromatic nitrogens is 2. The smallest absolute Gasteiger partial charge is 0.231 e. The largest absolute Gasteiger partial charge is 0.454 e. The molecule has 0 aliphatic carbocycles. The van der Waals surface area contributed by atoms with Gasteiger partial charge in [0, 0.05) is 61.7 Å². The highest BCUT2D eigenvalue weighted by molar-refractivity contribution is 7.99. The van der Waals surface area contributed by atoms with Crippen molar-refractivity contribution in [1.29, 1.82) is 0 Å². The third-order valence-corrected chi connectivity index (χ3v) is 7.75. The van der Waals surface area contributed by atoms with Gasteiger partial charge in [-0.05, 0) is 43.5 Å². The molecule has 178 valence electrons. The molecule has 33 heavy (non-hydrogen) atoms. The zero-order valence-corrected chi connectivity index (χ0v) is 20.7. The standard InChI is InChI=1S/C24H31ClN4O3S/c1-17-13-26-24(33-10-7-28-5-8-30-9-6-28)27-23(17)18-3-2-4-29(14-18)15-19-11-21-22(12-20(19)25)32-16-31-21/h11-13,18H,2-10,14-16H2,1H3. The summed E-state index contributed by atoms with van der Waals surface area (Å²) in [5, 5.41) is 1.62. The van der Waals surface area contributed by atoms with Crippen LogP contribution < -0.4 is 9.47 Å². The number of halogens is 1. The summed E-state index contributed by atoms with van der Waals surface area (Å²) in [6, 6.07) is 3.89. The predicted molar refractivity (Wildman–Crippen MR) is 130 cm³/mol. The lowest BCUT2D eigenvalue weighted by Crippen LogP contribution is -2.37. The Kier molecular flexibility index (Phi) is 7.57. The van der Waals surface area contributed by atoms with Crippen LogP contribution in [-0.4, -0.2) is 78.3 Å². The third-order valence-electron chi connectivity index (χ3n) is 6.56. The quantitative estimate of drug-likeness (QED) is 0.427. The molecule has 0 spiro atoms. The van der Waals surface area contributed by atoms with Crippen molar-refractivity contribution >= 4 is 23.4 Å². The fraction of sp³-hybridized carbons (Fsp3) is 0.583. The molecule has 3 aliphatic rings. The van der Waals surface area contributed by atoms with Gasteiger partial charge in [-0.15, -0.1) is 0 Å². The molecule has 7 nitrogen and oxygen atoms in total. The highest BCUT2D eigenvalue weighted by Gasteiger charge is 2.26. The first-order valence-corrected chi connectivity index (χ1v) is 13.1. The number of thioether (sulfide) groups is 1. The average molecular weight is 491 g/mol. The molecular formula is C24H31ClN4O3S. The maximum absolute atomic E-state index is 6.54. The summed E-state index contributed by atoms with van der Waals surface area (Å²) in [5.41, 5.74) is 3.46. The summed E-state index contributed by atoms with van der Waals surface area (Å²) in [7, 11) is 0. The van der Waals surface area contributed by atoms with E-state index >= 15 is 0 Å². The molecule has 0 amide bonds. The van der Waals surface area contributed by atoms with E-state index in [1.165, 1.54) is 11.3 Å². The normalized spacial score (nSPS) is 21.5. The Morgan fingerprint density at radius 3 is 2.79 bits per heavy atom. The second kappa shape index (κ2) is 10.8. The molecule has 2 aromatic rings. The lowest BCUT2D eigenvalue weighted by molar-refractivity contribution is 0.0410. The molecular weight excluding hydrogens is 460 g/mol. The molecule has 0 saturated carbocycles. The number of nitrogens with zero attached hydrogens (tertiary/aromatic N) is 4. The molecule has 1 aromatic heterocycles. The van der Waals surface area contributed by atoms with Gasteiger partial charge in [-0.25, -0.2) is 9.97 Å². The Labute approximate surface area is 204 Å². The van der Waals surface area contributed by atoms with Crippen LogP contribution >= 0.6 is 23.4 Å². The second-order valence-electron chi connectivity index (χ2n) is 8.89. The first-order chi connectivity index (χ1) is 16.2. The van der Waals surface area contributed by atoms with Gasteiger partial charge in [0.05, 0.1) is 18.9 Å². The molecule has 3 aliphatic heterocycles. The minimum Gasteiger partial charge on any atom is -0.454 e. The van der Waals surface area contributed by atoms with Crippen LogP contribution in [0.4, 0.5) is 0 Å². The van der Waals surface area contributed by atoms with E-state index in [2.05, 4.69) is 21.7 Å². The average Bonchev–Trinajstić information content (AvgIpc) is 3.28. The maximum Gasteiger partial charge on any atom is 0.231 e. The number of fused-ring (bicyclic) bond motifs is 1. The van der Waals surface area contributed by atoms with Crippen LogP contribution in [0.15, 0.2) is 23.5 Å². The Balaban J connectivity index is 1.21. The molecule has 5 rings (SSSR count). The molecule has 1 aromatic carbocycles. The molecule has 4 heterocycles. The number of hydrogen-bond donors (Lipinski definition) is 0. The monoisotopic (exact) mass is 490 g/mol. The van der Waals surface area contributed by atoms with Gasteiger partial charge < -0.3 is 14.2 Å². The number of benzene rings is 1. The van der Waals surface area contributed by atoms with Crippen LogP contribution in [0.5, 0.6) is 11.5 Å². The van der Waals surface area contributed by atoms with Crippen LogP contribution in [0.2, 0.25) is 5.02 Å². The number of hydrogen-bond acceptors (Lipinski definition) is 8. The topological polar surface area (TPSA) is 60.0 Å². The number of ether oxygens (including phenoxy) is 3. The van der Waals surface area contributed by atoms with Crippen LogP contribution in [0.3, 0.4) is 0 Å². The van der Waals surface area contributed by atoms with Crippen LogP contribution in [0.25, 0.3) is 0 Å². The summed E-state index contributed by atoms with van der Waals surface area (Å²) in [4.78, 5) is 14.5. The van der Waals surface area contributed by atoms with E-state index in [1.54, 1.807) is 11.8 Å². The van der Waals surface area contributed by atoms with E-state index in [0.717, 1.165) is 98.3 Å². The first-order valence-electron chi connectivity index (χ1n) is 11.7. The summed E-state index contributed by atoms with van der Waals surface area (Å²) in [6.45, 7) is 10.00. The Hall–Kier alpha value is -1.58. The van der Waals surface area contributed by atoms with E-state index < -0.39 is 0 Å². The van der Waals surface area contributed by atoms with Crippen LogP contribution in [-0.2, 0) is 11.3 Å². The molecule has 0 bridgehead atoms. The number of aryl methyl sites for hydroxylation is 1. The van der Waals surface area contributed by atoms with Gasteiger partial charge in [0.1, 0.15) is 0 Å². The van der Waals surface area contributed by atoms with Gasteiger partial charge in [-0.1, -0.05) is 23.4 Å². The van der Waals surface area contributed by atoms with E-state index in [-0.39, 0.29) is 6.79 Å². The molecule has 2 saturated heterocycles. The van der Waals surface area contributed by atoms with Crippen LogP contribution in [0.1, 0.15) is 35.6 Å². The van der Waals surface area contributed by atoms with Crippen molar-refractivity contribution < 1.29 is 14.2 Å². The van der Waals surface area contributed by atoms with Crippen molar-refractivity contribution in [1.82, 2.24) is 19.8 Å². The summed E-state index contributed by atoms with van der Waals surface area (Å²) in [5.74, 6) is 2.93. The summed E-state index contributed by atoms with van der Waals surface area (Å²) in [6.07, 6.45) is 4.30. The molecule has 1 atom stereocenters. The number of likely N-dealkylation sites (tertiary alicyclic amines) is 1. The first kappa shape index (κ1) is 23.2. The SMILES string of the molecule is Cc1cnc(SCCN2CCOCC2)nc1C1CCCN(Cc2cc3c(cc2Cl)OCO3)C1. The highest BCUT2D eigenvalue weighted by Crippen LogP contribution is 2.38. The van der Waals surface area contributed by atoms with Crippen molar-refractivity contribution in [2.24, 2.45) is 0 Å². The minimum atomic E-state index is 0.265. The summed E-state index contributed by atoms with van der Waals surface area (Å²) >= 11 is 8.29. The van der Waals surface area contributed by atoms with Gasteiger partial charge in [0.15, 0.2) is 16.7 Å². The van der Waals surface area contributed by atoms with Crippen LogP contribution in [0, 0.1) is 6.92 Å². The van der Waals surface area contributed by atoms with Gasteiger partial charge in [0.25, 0.3) is 0 Å². The zero-order valence-electron chi connectivity index (χ0n) is 19.1. The predicted octanol–water partition coefficient (Wildman–Crippen LogP) is 3.97. The third kappa shape index (κ3) is 5.74. The number of rotatable bonds is 7. The van der Waals surface area contributed by atoms with E-state index in [0.29, 0.717) is 5.92 Å². The molecule has 9 heteroatoms. The van der Waals surface area contributed by atoms with Crippen molar-refractivity contribution in [3.63, 3.8) is 0 Å². The van der Waals surface area contributed by atoms with E-state index in [4.69, 9.17) is 30.8 Å². The van der Waals surface area contributed by atoms with Gasteiger partial charge in [-0.2, -0.15) is 0 Å². The number of morpholine rings is 1. The van der Waals surface area contributed by atoms with Gasteiger partial charge >= 0.3 is 0 Å². The molecule has 0 N–H and O–H groups in total. The van der Waals surface area contributed by atoms with Crippen molar-refractivity contribution in [2.75, 3.05) is 58.5 Å². The van der Waals surface area contributed by atoms with E-state index in [1.807, 2.05) is 18.3 Å². The fourth-order valence-corrected chi connectivity index (χ4v) is 5.79. The fourth-order valence-electron chi connectivity index (χ4n) is 4.76. The van der Waals surface area contributed by atoms with Crippen molar-refractivity contribution in [2.45, 2.75) is 37.4 Å². The Bertz CT molecular complexity index is 973. The Morgan fingerprint density at radius 1 is 1.12 bits per heavy atom. The molecule has 1 unspecified atom stereocenters. The lowest BCUT2D eigenvalue weighted by Gasteiger charge is -2.33. The minimum absolute atomic E-state index is 0.265. The molecule has 2 fully saturated rings. The highest BCUT2D eigenvalue weighted by atomic mass is 35.5. The van der Waals surface area contributed by atoms with Gasteiger partial charge in [0.2, 0.25) is 6.79 Å². The summed E-state index contributed by atoms with van der Waals surface area (Å²) < 4.78 is 16.4. The zero-order chi connectivity index (χ0) is 22.6. The Morgan fingerprint density at radius 2 is 1.94 bits per heavy atom. The number of piperidine rings is 1. The van der Waals surface area contributed by atoms with E-state index in [9.17, 15) is 0 Å².